The van der Waals surface area contributed by atoms with Crippen LogP contribution in [-0.2, 0) is 14.1 Å². The van der Waals surface area contributed by atoms with Crippen LogP contribution in [-0.4, -0.2) is 13.7 Å². The summed E-state index contributed by atoms with van der Waals surface area (Å²) in [5, 5.41) is 4.22. The normalized spacial score (nSPS) is 14.5. The number of nitrogens with zero attached hydrogens (tertiary/aromatic N) is 3. The average Bonchev–Trinajstić information content (AvgIpc) is 3.23. The van der Waals surface area contributed by atoms with Crippen LogP contribution in [0.1, 0.15) is 22.9 Å². The molecule has 0 radical (unpaired) electrons. The van der Waals surface area contributed by atoms with Crippen molar-refractivity contribution in [3.05, 3.63) is 117 Å². The van der Waals surface area contributed by atoms with Gasteiger partial charge in [-0.2, -0.15) is 0 Å². The van der Waals surface area contributed by atoms with Crippen LogP contribution in [0.4, 0.5) is 5.69 Å². The van der Waals surface area contributed by atoms with E-state index in [-0.39, 0.29) is 17.3 Å². The number of hydrogen-bond donors (Lipinski definition) is 1. The summed E-state index contributed by atoms with van der Waals surface area (Å²) in [6.07, 6.45) is 0. The second kappa shape index (κ2) is 7.35. The Morgan fingerprint density at radius 1 is 0.794 bits per heavy atom. The molecular weight excluding hydrogens is 424 g/mol. The summed E-state index contributed by atoms with van der Waals surface area (Å²) >= 11 is 0. The van der Waals surface area contributed by atoms with Crippen molar-refractivity contribution in [2.45, 2.75) is 13.0 Å². The van der Waals surface area contributed by atoms with Gasteiger partial charge in [-0.1, -0.05) is 72.3 Å². The molecule has 0 fully saturated rings. The molecule has 0 saturated carbocycles. The van der Waals surface area contributed by atoms with Crippen LogP contribution >= 0.6 is 0 Å². The average molecular weight is 449 g/mol. The van der Waals surface area contributed by atoms with Crippen LogP contribution in [0.25, 0.3) is 27.8 Å². The number of hydrogen-bond acceptors (Lipinski definition) is 3. The fourth-order valence-corrected chi connectivity index (χ4v) is 5.10. The molecule has 1 aliphatic heterocycles. The molecular formula is C28H24N4O2. The Morgan fingerprint density at radius 3 is 2.21 bits per heavy atom. The lowest BCUT2D eigenvalue weighted by Crippen LogP contribution is -2.37. The van der Waals surface area contributed by atoms with E-state index in [0.29, 0.717) is 10.9 Å². The van der Waals surface area contributed by atoms with Gasteiger partial charge in [-0.05, 0) is 30.2 Å². The Bertz CT molecular complexity index is 1690. The number of rotatable bonds is 2. The van der Waals surface area contributed by atoms with E-state index in [1.54, 1.807) is 18.7 Å². The van der Waals surface area contributed by atoms with Gasteiger partial charge >= 0.3 is 5.69 Å². The van der Waals surface area contributed by atoms with Crippen LogP contribution < -0.4 is 16.6 Å². The van der Waals surface area contributed by atoms with E-state index < -0.39 is 0 Å². The molecule has 168 valence electrons. The van der Waals surface area contributed by atoms with Crippen LogP contribution in [0.5, 0.6) is 0 Å². The molecule has 0 unspecified atom stereocenters. The standard InChI is InChI=1S/C28H24N4O2/c1-17-13-15-19(16-14-17)24-22-25(30(2)28(34)31(3)27(22)33)26-23(18-9-5-4-6-10-18)29-20-11-7-8-12-21(20)32(24)26/h4-16,23,29H,1-3H3/t23-/m0/s1. The second-order valence-corrected chi connectivity index (χ2v) is 8.87. The Labute approximate surface area is 196 Å². The lowest BCUT2D eigenvalue weighted by molar-refractivity contribution is 0.708. The zero-order valence-corrected chi connectivity index (χ0v) is 19.2. The summed E-state index contributed by atoms with van der Waals surface area (Å²) in [5.41, 5.74) is 6.76. The molecule has 0 aliphatic carbocycles. The van der Waals surface area contributed by atoms with E-state index in [1.807, 2.05) is 55.5 Å². The largest absolute Gasteiger partial charge is 0.371 e. The topological polar surface area (TPSA) is 61.0 Å². The molecule has 6 heteroatoms. The van der Waals surface area contributed by atoms with Gasteiger partial charge in [0.1, 0.15) is 0 Å². The minimum absolute atomic E-state index is 0.240. The lowest BCUT2D eigenvalue weighted by atomic mass is 9.99. The number of aryl methyl sites for hydroxylation is 2. The van der Waals surface area contributed by atoms with Crippen LogP contribution in [0.3, 0.4) is 0 Å². The summed E-state index contributed by atoms with van der Waals surface area (Å²) in [4.78, 5) is 26.7. The van der Waals surface area contributed by atoms with Gasteiger partial charge < -0.3 is 9.88 Å². The molecule has 0 bridgehead atoms. The van der Waals surface area contributed by atoms with E-state index in [2.05, 4.69) is 40.2 Å². The summed E-state index contributed by atoms with van der Waals surface area (Å²) in [6.45, 7) is 2.04. The fraction of sp³-hybridized carbons (Fsp3) is 0.143. The summed E-state index contributed by atoms with van der Waals surface area (Å²) in [5.74, 6) is 0. The van der Waals surface area contributed by atoms with Gasteiger partial charge in [-0.15, -0.1) is 0 Å². The van der Waals surface area contributed by atoms with Gasteiger partial charge in [0.05, 0.1) is 39.7 Å². The molecule has 5 aromatic rings. The number of aromatic nitrogens is 3. The first-order valence-corrected chi connectivity index (χ1v) is 11.3. The first-order valence-electron chi connectivity index (χ1n) is 11.3. The highest BCUT2D eigenvalue weighted by Gasteiger charge is 2.34. The SMILES string of the molecule is Cc1ccc(-c2c3c(=O)n(C)c(=O)n(C)c3c3n2-c2ccccc2N[C@H]3c2ccccc2)cc1. The van der Waals surface area contributed by atoms with Crippen molar-refractivity contribution in [1.29, 1.82) is 0 Å². The van der Waals surface area contributed by atoms with Gasteiger partial charge in [0.25, 0.3) is 5.56 Å². The fourth-order valence-electron chi connectivity index (χ4n) is 5.10. The number of benzene rings is 3. The molecule has 3 aromatic carbocycles. The first kappa shape index (κ1) is 20.3. The zero-order valence-electron chi connectivity index (χ0n) is 19.2. The molecule has 2 aromatic heterocycles. The first-order chi connectivity index (χ1) is 16.5. The third kappa shape index (κ3) is 2.75. The van der Waals surface area contributed by atoms with Crippen molar-refractivity contribution in [2.75, 3.05) is 5.32 Å². The second-order valence-electron chi connectivity index (χ2n) is 8.87. The molecule has 0 saturated heterocycles. The molecule has 1 N–H and O–H groups in total. The van der Waals surface area contributed by atoms with Crippen molar-refractivity contribution in [2.24, 2.45) is 14.1 Å². The van der Waals surface area contributed by atoms with Gasteiger partial charge in [0, 0.05) is 14.1 Å². The van der Waals surface area contributed by atoms with Crippen molar-refractivity contribution in [3.8, 4) is 16.9 Å². The highest BCUT2D eigenvalue weighted by Crippen LogP contribution is 2.45. The molecule has 6 rings (SSSR count). The Kier molecular flexibility index (Phi) is 4.39. The third-order valence-electron chi connectivity index (χ3n) is 6.78. The Balaban J connectivity index is 1.87. The summed E-state index contributed by atoms with van der Waals surface area (Å²) in [6, 6.07) is 26.2. The Hall–Kier alpha value is -4.32. The predicted molar refractivity (Wildman–Crippen MR) is 136 cm³/mol. The van der Waals surface area contributed by atoms with Gasteiger partial charge in [-0.3, -0.25) is 13.9 Å². The van der Waals surface area contributed by atoms with E-state index in [4.69, 9.17) is 0 Å². The summed E-state index contributed by atoms with van der Waals surface area (Å²) in [7, 11) is 3.28. The number of fused-ring (bicyclic) bond motifs is 5. The van der Waals surface area contributed by atoms with Crippen molar-refractivity contribution in [3.63, 3.8) is 0 Å². The maximum atomic E-state index is 13.7. The van der Waals surface area contributed by atoms with Crippen molar-refractivity contribution in [1.82, 2.24) is 13.7 Å². The number of anilines is 1. The zero-order chi connectivity index (χ0) is 23.6. The van der Waals surface area contributed by atoms with Crippen LogP contribution in [0.2, 0.25) is 0 Å². The summed E-state index contributed by atoms with van der Waals surface area (Å²) < 4.78 is 4.97. The van der Waals surface area contributed by atoms with Crippen molar-refractivity contribution < 1.29 is 0 Å². The van der Waals surface area contributed by atoms with E-state index >= 15 is 0 Å². The maximum Gasteiger partial charge on any atom is 0.331 e. The van der Waals surface area contributed by atoms with E-state index in [1.165, 1.54) is 4.57 Å². The minimum Gasteiger partial charge on any atom is -0.371 e. The third-order valence-corrected chi connectivity index (χ3v) is 6.78. The van der Waals surface area contributed by atoms with E-state index in [9.17, 15) is 9.59 Å². The molecule has 6 nitrogen and oxygen atoms in total. The predicted octanol–water partition coefficient (Wildman–Crippen LogP) is 4.52. The minimum atomic E-state index is -0.341. The smallest absolute Gasteiger partial charge is 0.331 e. The highest BCUT2D eigenvalue weighted by molar-refractivity contribution is 5.99. The lowest BCUT2D eigenvalue weighted by Gasteiger charge is -2.31. The van der Waals surface area contributed by atoms with Gasteiger partial charge in [-0.25, -0.2) is 4.79 Å². The maximum absolute atomic E-state index is 13.7. The Morgan fingerprint density at radius 2 is 1.47 bits per heavy atom. The van der Waals surface area contributed by atoms with Gasteiger partial charge in [0.2, 0.25) is 0 Å². The molecule has 3 heterocycles. The number of para-hydroxylation sites is 2. The molecule has 1 aliphatic rings. The van der Waals surface area contributed by atoms with Crippen molar-refractivity contribution >= 4 is 16.6 Å². The molecule has 1 atom stereocenters. The van der Waals surface area contributed by atoms with E-state index in [0.717, 1.165) is 39.5 Å². The van der Waals surface area contributed by atoms with Gasteiger partial charge in [0.15, 0.2) is 0 Å². The highest BCUT2D eigenvalue weighted by atomic mass is 16.2. The molecule has 0 spiro atoms. The van der Waals surface area contributed by atoms with Crippen LogP contribution in [0.15, 0.2) is 88.5 Å². The quantitative estimate of drug-likeness (QED) is 0.432. The number of nitrogens with one attached hydrogen (secondary N) is 1. The van der Waals surface area contributed by atoms with Crippen LogP contribution in [0, 0.1) is 6.92 Å². The molecule has 34 heavy (non-hydrogen) atoms. The molecule has 0 amide bonds. The monoisotopic (exact) mass is 448 g/mol.